The molecule has 0 aliphatic heterocycles. The van der Waals surface area contributed by atoms with E-state index in [4.69, 9.17) is 0 Å². The summed E-state index contributed by atoms with van der Waals surface area (Å²) >= 11 is 4.24. The third-order valence-corrected chi connectivity index (χ3v) is 5.14. The molecule has 1 unspecified atom stereocenters. The summed E-state index contributed by atoms with van der Waals surface area (Å²) in [5.41, 5.74) is 0. The number of benzene rings is 2. The van der Waals surface area contributed by atoms with Crippen LogP contribution >= 0.6 is 16.1 Å². The molecule has 0 radical (unpaired) electrons. The number of rotatable bonds is 2. The molecule has 2 rings (SSSR count). The zero-order chi connectivity index (χ0) is 9.80. The van der Waals surface area contributed by atoms with E-state index in [0.29, 0.717) is 0 Å². The average Bonchev–Trinajstić information content (AvgIpc) is 2.30. The molecule has 2 aromatic rings. The second-order valence-electron chi connectivity index (χ2n) is 2.94. The maximum absolute atomic E-state index is 4.24. The molecule has 17 heavy (non-hydrogen) atoms. The summed E-state index contributed by atoms with van der Waals surface area (Å²) in [6, 6.07) is 20.9. The van der Waals surface area contributed by atoms with Crippen molar-refractivity contribution in [1.82, 2.24) is 0 Å². The molecule has 0 spiro atoms. The summed E-state index contributed by atoms with van der Waals surface area (Å²) in [5, 5.41) is 2.66. The molecule has 0 fully saturated rings. The Hall–Kier alpha value is -0.324. The van der Waals surface area contributed by atoms with Crippen LogP contribution in [-0.4, -0.2) is 0 Å². The third kappa shape index (κ3) is 5.23. The van der Waals surface area contributed by atoms with Gasteiger partial charge in [0.1, 0.15) is 0 Å². The van der Waals surface area contributed by atoms with Crippen LogP contribution < -0.4 is 10.6 Å². The minimum atomic E-state index is -0.421. The molecule has 96 valence electrons. The third-order valence-electron chi connectivity index (χ3n) is 1.95. The predicted molar refractivity (Wildman–Crippen MR) is 84.4 cm³/mol. The molecule has 0 saturated heterocycles. The standard InChI is InChI=1S/C12H10P.2CH3.Co.H3P.H/c1-3-7-11(8-4-1)13-12-9-5-2-6-10-12;;;;;/h1-10H;2*1H3;;1H3;/q3*-1;+2;;. The van der Waals surface area contributed by atoms with Gasteiger partial charge in [-0.2, -0.15) is 9.90 Å². The molecule has 0 aliphatic rings. The predicted octanol–water partition coefficient (Wildman–Crippen LogP) is 3.27. The van der Waals surface area contributed by atoms with Gasteiger partial charge in [-0.25, -0.2) is 0 Å². The van der Waals surface area contributed by atoms with Crippen molar-refractivity contribution >= 4 is 26.7 Å². The average molecular weight is 309 g/mol. The van der Waals surface area contributed by atoms with Crippen molar-refractivity contribution in [1.29, 1.82) is 0 Å². The SMILES string of the molecule is P.[CH3-].[CH3-].[CoH]=[P+](c1ccccc1)c1ccccc1. The van der Waals surface area contributed by atoms with Gasteiger partial charge in [-0.15, -0.1) is 0 Å². The van der Waals surface area contributed by atoms with E-state index in [0.717, 1.165) is 0 Å². The van der Waals surface area contributed by atoms with Crippen LogP contribution in [0.25, 0.3) is 0 Å². The second-order valence-corrected chi connectivity index (χ2v) is 6.00. The molecular weight excluding hydrogens is 289 g/mol. The van der Waals surface area contributed by atoms with Gasteiger partial charge in [0, 0.05) is 0 Å². The van der Waals surface area contributed by atoms with E-state index in [-0.39, 0.29) is 24.8 Å². The Kier molecular flexibility index (Phi) is 10.8. The molecule has 0 aliphatic carbocycles. The van der Waals surface area contributed by atoms with E-state index in [1.807, 2.05) is 12.1 Å². The summed E-state index contributed by atoms with van der Waals surface area (Å²) in [4.78, 5) is 0. The van der Waals surface area contributed by atoms with Crippen molar-refractivity contribution in [3.8, 4) is 0 Å². The van der Waals surface area contributed by atoms with E-state index in [2.05, 4.69) is 63.4 Å². The zero-order valence-electron chi connectivity index (χ0n) is 10.3. The van der Waals surface area contributed by atoms with E-state index >= 15 is 0 Å². The van der Waals surface area contributed by atoms with Crippen molar-refractivity contribution in [3.63, 3.8) is 0 Å². The van der Waals surface area contributed by atoms with Crippen LogP contribution in [0.2, 0.25) is 0 Å². The van der Waals surface area contributed by atoms with Gasteiger partial charge in [0.15, 0.2) is 0 Å². The fourth-order valence-corrected chi connectivity index (χ4v) is 3.40. The van der Waals surface area contributed by atoms with Crippen molar-refractivity contribution in [2.45, 2.75) is 0 Å². The molecule has 3 heteroatoms. The fraction of sp³-hybridized carbons (Fsp3) is 0. The van der Waals surface area contributed by atoms with E-state index in [1.165, 1.54) is 10.6 Å². The Morgan fingerprint density at radius 1 is 0.647 bits per heavy atom. The Balaban J connectivity index is 0. The van der Waals surface area contributed by atoms with Crippen molar-refractivity contribution in [2.24, 2.45) is 0 Å². The zero-order valence-corrected chi connectivity index (χ0v) is 13.7. The fourth-order valence-electron chi connectivity index (χ4n) is 1.26. The molecule has 0 nitrogen and oxygen atoms in total. The van der Waals surface area contributed by atoms with Gasteiger partial charge in [-0.3, -0.25) is 0 Å². The van der Waals surface area contributed by atoms with Crippen LogP contribution in [0, 0.1) is 14.9 Å². The Labute approximate surface area is 117 Å². The van der Waals surface area contributed by atoms with Gasteiger partial charge in [-0.05, 0) is 0 Å². The van der Waals surface area contributed by atoms with Crippen molar-refractivity contribution in [2.75, 3.05) is 0 Å². The molecule has 0 aromatic heterocycles. The Morgan fingerprint density at radius 3 is 1.24 bits per heavy atom. The summed E-state index contributed by atoms with van der Waals surface area (Å²) in [7, 11) is 0. The molecule has 0 amide bonds. The minimum absolute atomic E-state index is 0. The van der Waals surface area contributed by atoms with E-state index in [1.54, 1.807) is 0 Å². The Bertz CT molecular complexity index is 385. The van der Waals surface area contributed by atoms with Crippen LogP contribution in [0.4, 0.5) is 0 Å². The molecule has 0 bridgehead atoms. The molecule has 1 atom stereocenters. The molecule has 0 heterocycles. The first kappa shape index (κ1) is 19.0. The normalized spacial score (nSPS) is 8.12. The summed E-state index contributed by atoms with van der Waals surface area (Å²) in [6.07, 6.45) is -0.421. The van der Waals surface area contributed by atoms with Crippen molar-refractivity contribution in [3.05, 3.63) is 75.5 Å². The molecule has 0 N–H and O–H groups in total. The second kappa shape index (κ2) is 9.68. The maximum atomic E-state index is 4.24. The van der Waals surface area contributed by atoms with Gasteiger partial charge in [0.25, 0.3) is 0 Å². The quantitative estimate of drug-likeness (QED) is 0.590. The van der Waals surface area contributed by atoms with E-state index in [9.17, 15) is 0 Å². The summed E-state index contributed by atoms with van der Waals surface area (Å²) < 4.78 is 0. The number of hydrogen-bond donors (Lipinski definition) is 0. The van der Waals surface area contributed by atoms with Crippen LogP contribution in [0.15, 0.2) is 60.7 Å². The van der Waals surface area contributed by atoms with Gasteiger partial charge in [0.05, 0.1) is 0 Å². The molecule has 0 saturated carbocycles. The first-order valence-electron chi connectivity index (χ1n) is 4.43. The van der Waals surface area contributed by atoms with Crippen LogP contribution in [0.5, 0.6) is 0 Å². The summed E-state index contributed by atoms with van der Waals surface area (Å²) in [6.45, 7) is 0. The summed E-state index contributed by atoms with van der Waals surface area (Å²) in [5.74, 6) is 0. The van der Waals surface area contributed by atoms with Crippen LogP contribution in [0.1, 0.15) is 0 Å². The topological polar surface area (TPSA) is 0 Å². The monoisotopic (exact) mass is 309 g/mol. The van der Waals surface area contributed by atoms with E-state index < -0.39 is 6.21 Å². The van der Waals surface area contributed by atoms with Crippen LogP contribution in [-0.2, 0) is 14.8 Å². The Morgan fingerprint density at radius 2 is 0.941 bits per heavy atom. The van der Waals surface area contributed by atoms with Gasteiger partial charge in [-0.1, -0.05) is 0 Å². The van der Waals surface area contributed by atoms with Crippen LogP contribution in [0.3, 0.4) is 0 Å². The molecule has 2 aromatic carbocycles. The molecular formula is C14H20CoP2-. The first-order valence-corrected chi connectivity index (χ1v) is 7.12. The number of hydrogen-bond acceptors (Lipinski definition) is 0. The first-order chi connectivity index (χ1) is 6.88. The van der Waals surface area contributed by atoms with Gasteiger partial charge >= 0.3 is 92.3 Å². The van der Waals surface area contributed by atoms with Crippen molar-refractivity contribution < 1.29 is 14.8 Å². The van der Waals surface area contributed by atoms with Gasteiger partial charge < -0.3 is 14.9 Å². The van der Waals surface area contributed by atoms with Gasteiger partial charge in [0.2, 0.25) is 0 Å².